The Morgan fingerprint density at radius 1 is 0.909 bits per heavy atom. The molecule has 0 aromatic heterocycles. The van der Waals surface area contributed by atoms with Crippen molar-refractivity contribution in [2.45, 2.75) is 24.7 Å². The zero-order valence-electron chi connectivity index (χ0n) is 19.3. The molecule has 0 unspecified atom stereocenters. The van der Waals surface area contributed by atoms with Gasteiger partial charge < -0.3 is 10.2 Å². The topological polar surface area (TPSA) is 73.0 Å². The van der Waals surface area contributed by atoms with Gasteiger partial charge in [-0.1, -0.05) is 25.1 Å². The molecule has 0 bridgehead atoms. The van der Waals surface area contributed by atoms with Crippen LogP contribution >= 0.6 is 0 Å². The monoisotopic (exact) mass is 470 g/mol. The molecule has 2 aromatic rings. The molecule has 8 heteroatoms. The van der Waals surface area contributed by atoms with Crippen molar-refractivity contribution in [3.63, 3.8) is 0 Å². The Bertz CT molecular complexity index is 1010. The lowest BCUT2D eigenvalue weighted by atomic mass is 10.0. The van der Waals surface area contributed by atoms with Crippen molar-refractivity contribution in [2.75, 3.05) is 57.3 Å². The van der Waals surface area contributed by atoms with Crippen molar-refractivity contribution >= 4 is 21.6 Å². The average molecular weight is 471 g/mol. The molecule has 2 heterocycles. The normalized spacial score (nSPS) is 18.9. The van der Waals surface area contributed by atoms with E-state index in [0.29, 0.717) is 31.1 Å². The van der Waals surface area contributed by atoms with Crippen molar-refractivity contribution in [1.82, 2.24) is 14.5 Å². The van der Waals surface area contributed by atoms with Crippen LogP contribution in [0.15, 0.2) is 59.5 Å². The van der Waals surface area contributed by atoms with Crippen LogP contribution in [-0.4, -0.2) is 75.9 Å². The molecule has 0 aliphatic carbocycles. The van der Waals surface area contributed by atoms with E-state index in [9.17, 15) is 13.2 Å². The molecule has 0 radical (unpaired) electrons. The number of nitrogens with zero attached hydrogens (tertiary/aromatic N) is 3. The smallest absolute Gasteiger partial charge is 0.251 e. The second-order valence-corrected chi connectivity index (χ2v) is 11.0. The lowest BCUT2D eigenvalue weighted by Crippen LogP contribution is -2.48. The summed E-state index contributed by atoms with van der Waals surface area (Å²) in [5.74, 6) is 0.393. The quantitative estimate of drug-likeness (QED) is 0.674. The maximum absolute atomic E-state index is 12.9. The SMILES string of the molecule is CC1CCN(S(=O)(=O)c2ccc(C(=O)NCCN3CCN(c4ccccc4)CC3)cc2)CC1. The van der Waals surface area contributed by atoms with Gasteiger partial charge in [0.2, 0.25) is 10.0 Å². The van der Waals surface area contributed by atoms with Crippen molar-refractivity contribution in [1.29, 1.82) is 0 Å². The summed E-state index contributed by atoms with van der Waals surface area (Å²) in [7, 11) is -3.49. The van der Waals surface area contributed by atoms with Crippen LogP contribution < -0.4 is 10.2 Å². The molecule has 1 N–H and O–H groups in total. The fourth-order valence-electron chi connectivity index (χ4n) is 4.45. The summed E-state index contributed by atoms with van der Waals surface area (Å²) in [6.45, 7) is 8.52. The van der Waals surface area contributed by atoms with Gasteiger partial charge in [0.25, 0.3) is 5.91 Å². The molecule has 1 amide bonds. The molecule has 33 heavy (non-hydrogen) atoms. The van der Waals surface area contributed by atoms with Gasteiger partial charge in [-0.3, -0.25) is 9.69 Å². The van der Waals surface area contributed by atoms with Gasteiger partial charge in [-0.05, 0) is 55.2 Å². The van der Waals surface area contributed by atoms with Crippen molar-refractivity contribution < 1.29 is 13.2 Å². The Balaban J connectivity index is 1.22. The van der Waals surface area contributed by atoms with Gasteiger partial charge in [-0.15, -0.1) is 0 Å². The maximum atomic E-state index is 12.9. The standard InChI is InChI=1S/C25H34N4O3S/c1-21-11-14-29(15-12-21)33(31,32)24-9-7-22(8-10-24)25(30)26-13-16-27-17-19-28(20-18-27)23-5-3-2-4-6-23/h2-10,21H,11-20H2,1H3,(H,26,30). The molecule has 0 spiro atoms. The van der Waals surface area contributed by atoms with E-state index < -0.39 is 10.0 Å². The van der Waals surface area contributed by atoms with Crippen LogP contribution in [0.3, 0.4) is 0 Å². The predicted molar refractivity (Wildman–Crippen MR) is 131 cm³/mol. The minimum Gasteiger partial charge on any atom is -0.369 e. The molecular formula is C25H34N4O3S. The Morgan fingerprint density at radius 3 is 2.18 bits per heavy atom. The highest BCUT2D eigenvalue weighted by Crippen LogP contribution is 2.23. The lowest BCUT2D eigenvalue weighted by molar-refractivity contribution is 0.0947. The summed E-state index contributed by atoms with van der Waals surface area (Å²) in [6.07, 6.45) is 1.78. The summed E-state index contributed by atoms with van der Waals surface area (Å²) in [4.78, 5) is 17.5. The number of carbonyl (C=O) groups excluding carboxylic acids is 1. The van der Waals surface area contributed by atoms with Crippen LogP contribution in [-0.2, 0) is 10.0 Å². The molecule has 0 saturated carbocycles. The van der Waals surface area contributed by atoms with Gasteiger partial charge in [0.1, 0.15) is 0 Å². The first-order valence-electron chi connectivity index (χ1n) is 11.8. The number of piperidine rings is 1. The molecular weight excluding hydrogens is 436 g/mol. The van der Waals surface area contributed by atoms with E-state index in [4.69, 9.17) is 0 Å². The van der Waals surface area contributed by atoms with Gasteiger partial charge in [0, 0.05) is 63.6 Å². The second-order valence-electron chi connectivity index (χ2n) is 9.03. The van der Waals surface area contributed by atoms with Crippen LogP contribution in [0.2, 0.25) is 0 Å². The summed E-state index contributed by atoms with van der Waals surface area (Å²) < 4.78 is 27.3. The van der Waals surface area contributed by atoms with Gasteiger partial charge in [-0.2, -0.15) is 4.31 Å². The zero-order chi connectivity index (χ0) is 23.3. The fourth-order valence-corrected chi connectivity index (χ4v) is 5.92. The first kappa shape index (κ1) is 23.7. The average Bonchev–Trinajstić information content (AvgIpc) is 2.85. The third kappa shape index (κ3) is 5.93. The lowest BCUT2D eigenvalue weighted by Gasteiger charge is -2.36. The molecule has 7 nitrogen and oxygen atoms in total. The number of hydrogen-bond donors (Lipinski definition) is 1. The number of amides is 1. The van der Waals surface area contributed by atoms with Crippen LogP contribution in [0, 0.1) is 5.92 Å². The molecule has 2 aromatic carbocycles. The Kier molecular flexibility index (Phi) is 7.67. The zero-order valence-corrected chi connectivity index (χ0v) is 20.1. The van der Waals surface area contributed by atoms with Gasteiger partial charge in [0.05, 0.1) is 4.90 Å². The Labute approximate surface area is 197 Å². The number of benzene rings is 2. The number of rotatable bonds is 7. The van der Waals surface area contributed by atoms with E-state index in [1.807, 2.05) is 6.07 Å². The molecule has 2 saturated heterocycles. The number of hydrogen-bond acceptors (Lipinski definition) is 5. The maximum Gasteiger partial charge on any atom is 0.251 e. The fraction of sp³-hybridized carbons (Fsp3) is 0.480. The summed E-state index contributed by atoms with van der Waals surface area (Å²) in [5.41, 5.74) is 1.74. The van der Waals surface area contributed by atoms with Gasteiger partial charge in [0.15, 0.2) is 0 Å². The van der Waals surface area contributed by atoms with Crippen LogP contribution in [0.25, 0.3) is 0 Å². The Hall–Kier alpha value is -2.42. The van der Waals surface area contributed by atoms with E-state index >= 15 is 0 Å². The minimum absolute atomic E-state index is 0.173. The number of anilines is 1. The number of nitrogens with one attached hydrogen (secondary N) is 1. The highest BCUT2D eigenvalue weighted by Gasteiger charge is 2.28. The van der Waals surface area contributed by atoms with Crippen LogP contribution in [0.1, 0.15) is 30.1 Å². The van der Waals surface area contributed by atoms with Crippen molar-refractivity contribution in [3.05, 3.63) is 60.2 Å². The molecule has 2 aliphatic heterocycles. The third-order valence-corrected chi connectivity index (χ3v) is 8.62. The first-order valence-corrected chi connectivity index (χ1v) is 13.3. The van der Waals surface area contributed by atoms with Crippen molar-refractivity contribution in [3.8, 4) is 0 Å². The number of carbonyl (C=O) groups is 1. The third-order valence-electron chi connectivity index (χ3n) is 6.70. The predicted octanol–water partition coefficient (Wildman–Crippen LogP) is 2.66. The van der Waals surface area contributed by atoms with Gasteiger partial charge >= 0.3 is 0 Å². The number of piperazine rings is 1. The van der Waals surface area contributed by atoms with E-state index in [-0.39, 0.29) is 10.8 Å². The molecule has 0 atom stereocenters. The highest BCUT2D eigenvalue weighted by atomic mass is 32.2. The molecule has 4 rings (SSSR count). The Morgan fingerprint density at radius 2 is 1.55 bits per heavy atom. The summed E-state index contributed by atoms with van der Waals surface area (Å²) in [6, 6.07) is 16.7. The molecule has 178 valence electrons. The molecule has 2 aliphatic rings. The number of para-hydroxylation sites is 1. The molecule has 2 fully saturated rings. The van der Waals surface area contributed by atoms with Gasteiger partial charge in [-0.25, -0.2) is 8.42 Å². The van der Waals surface area contributed by atoms with Crippen molar-refractivity contribution in [2.24, 2.45) is 5.92 Å². The summed E-state index contributed by atoms with van der Waals surface area (Å²) >= 11 is 0. The van der Waals surface area contributed by atoms with E-state index in [0.717, 1.165) is 45.6 Å². The number of sulfonamides is 1. The van der Waals surface area contributed by atoms with E-state index in [1.165, 1.54) is 5.69 Å². The first-order chi connectivity index (χ1) is 15.9. The highest BCUT2D eigenvalue weighted by molar-refractivity contribution is 7.89. The summed E-state index contributed by atoms with van der Waals surface area (Å²) in [5, 5.41) is 2.96. The van der Waals surface area contributed by atoms with Crippen LogP contribution in [0.4, 0.5) is 5.69 Å². The minimum atomic E-state index is -3.49. The van der Waals surface area contributed by atoms with Crippen LogP contribution in [0.5, 0.6) is 0 Å². The largest absolute Gasteiger partial charge is 0.369 e. The van der Waals surface area contributed by atoms with E-state index in [1.54, 1.807) is 28.6 Å². The van der Waals surface area contributed by atoms with E-state index in [2.05, 4.69) is 46.3 Å². The second kappa shape index (κ2) is 10.7.